The number of para-hydroxylation sites is 1. The normalized spacial score (nSPS) is 15.0. The lowest BCUT2D eigenvalue weighted by Crippen LogP contribution is -2.32. The Morgan fingerprint density at radius 1 is 0.596 bits per heavy atom. The highest BCUT2D eigenvalue weighted by Crippen LogP contribution is 2.44. The number of hydrogen-bond donors (Lipinski definition) is 1. The molecule has 0 saturated carbocycles. The van der Waals surface area contributed by atoms with E-state index < -0.39 is 0 Å². The molecule has 0 saturated heterocycles. The van der Waals surface area contributed by atoms with Gasteiger partial charge < -0.3 is 14.3 Å². The zero-order chi connectivity index (χ0) is 34.3. The van der Waals surface area contributed by atoms with Crippen LogP contribution in [0.3, 0.4) is 0 Å². The summed E-state index contributed by atoms with van der Waals surface area (Å²) in [5.74, 6) is 0.860. The Morgan fingerprint density at radius 2 is 1.29 bits per heavy atom. The van der Waals surface area contributed by atoms with Gasteiger partial charge in [0.25, 0.3) is 0 Å². The summed E-state index contributed by atoms with van der Waals surface area (Å²) in [5.41, 5.74) is 9.42. The Labute approximate surface area is 316 Å². The fourth-order valence-corrected chi connectivity index (χ4v) is 10.1. The number of thiophene rings is 1. The molecule has 7 aromatic carbocycles. The zero-order valence-electron chi connectivity index (χ0n) is 27.7. The van der Waals surface area contributed by atoms with Gasteiger partial charge in [-0.15, -0.1) is 11.3 Å². The molecule has 246 valence electrons. The van der Waals surface area contributed by atoms with E-state index in [4.69, 9.17) is 9.41 Å². The number of halogens is 1. The summed E-state index contributed by atoms with van der Waals surface area (Å²) in [4.78, 5) is 5.21. The van der Waals surface area contributed by atoms with Crippen molar-refractivity contribution in [3.63, 3.8) is 0 Å². The molecular weight excluding hydrogens is 769 g/mol. The van der Waals surface area contributed by atoms with Gasteiger partial charge in [0.05, 0.1) is 22.8 Å². The minimum atomic E-state index is -0.0153. The molecule has 1 N–H and O–H groups in total. The second kappa shape index (κ2) is 11.7. The van der Waals surface area contributed by atoms with Gasteiger partial charge in [-0.05, 0) is 70.6 Å². The number of hydrogen-bond acceptors (Lipinski definition) is 4. The Morgan fingerprint density at radius 3 is 2.13 bits per heavy atom. The van der Waals surface area contributed by atoms with Crippen molar-refractivity contribution in [3.05, 3.63) is 178 Å². The van der Waals surface area contributed by atoms with E-state index in [-0.39, 0.29) is 6.04 Å². The maximum Gasteiger partial charge on any atom is 0.137 e. The quantitative estimate of drug-likeness (QED) is 0.180. The summed E-state index contributed by atoms with van der Waals surface area (Å²) in [6.45, 7) is 0. The van der Waals surface area contributed by atoms with E-state index in [1.54, 1.807) is 0 Å². The summed E-state index contributed by atoms with van der Waals surface area (Å²) in [6.07, 6.45) is 0. The summed E-state index contributed by atoms with van der Waals surface area (Å²) in [6, 6.07) is 56.1. The van der Waals surface area contributed by atoms with Crippen molar-refractivity contribution in [1.29, 1.82) is 0 Å². The third-order valence-electron chi connectivity index (χ3n) is 10.3. The van der Waals surface area contributed by atoms with Crippen molar-refractivity contribution in [2.45, 2.75) is 6.04 Å². The van der Waals surface area contributed by atoms with E-state index in [2.05, 4.69) is 184 Å². The predicted molar refractivity (Wildman–Crippen MR) is 227 cm³/mol. The molecule has 3 aromatic heterocycles. The van der Waals surface area contributed by atoms with E-state index in [0.717, 1.165) is 53.9 Å². The van der Waals surface area contributed by atoms with Crippen molar-refractivity contribution < 1.29 is 4.42 Å². The molecule has 6 heteroatoms. The van der Waals surface area contributed by atoms with Crippen LogP contribution in [0.25, 0.3) is 75.3 Å². The number of rotatable bonds is 4. The Kier molecular flexibility index (Phi) is 6.72. The lowest BCUT2D eigenvalue weighted by Gasteiger charge is -2.27. The first kappa shape index (κ1) is 30.0. The van der Waals surface area contributed by atoms with Crippen LogP contribution in [-0.4, -0.2) is 10.4 Å². The van der Waals surface area contributed by atoms with Crippen LogP contribution in [0.15, 0.2) is 171 Å². The first-order chi connectivity index (χ1) is 25.7. The Balaban J connectivity index is 1.07. The molecule has 0 amide bonds. The van der Waals surface area contributed by atoms with Gasteiger partial charge in [-0.3, -0.25) is 0 Å². The number of aromatic nitrogens is 1. The SMILES string of the molecule is IC1=C(c2ccc3c(c2)oc2cc(-n4c5ccccc5c5c6sc7ccccc7c6ccc54)ccc23)N=C(c2ccccc2)NC1c1ccccc1. The first-order valence-corrected chi connectivity index (χ1v) is 19.2. The number of amidine groups is 1. The summed E-state index contributed by atoms with van der Waals surface area (Å²) in [5, 5.41) is 11.1. The van der Waals surface area contributed by atoms with Gasteiger partial charge in [-0.25, -0.2) is 4.99 Å². The number of benzene rings is 7. The molecule has 0 radical (unpaired) electrons. The standard InChI is InChI=1S/C46H28IN3OS/c47-42-43(27-11-3-1-4-12-27)48-46(28-13-5-2-6-14-28)49-44(42)29-19-21-31-32-22-20-30(26-39(32)51-38(31)25-29)50-36-17-9-7-16-35(36)41-37(50)24-23-34-33-15-8-10-18-40(33)52-45(34)41/h1-26,43H,(H,48,49). The first-order valence-electron chi connectivity index (χ1n) is 17.4. The number of aliphatic imine (C=N–C) groups is 1. The fourth-order valence-electron chi connectivity index (χ4n) is 7.92. The average Bonchev–Trinajstić information content (AvgIpc) is 3.87. The predicted octanol–water partition coefficient (Wildman–Crippen LogP) is 12.9. The van der Waals surface area contributed by atoms with Crippen LogP contribution in [0.5, 0.6) is 0 Å². The summed E-state index contributed by atoms with van der Waals surface area (Å²) < 4.78 is 12.9. The van der Waals surface area contributed by atoms with Gasteiger partial charge >= 0.3 is 0 Å². The van der Waals surface area contributed by atoms with Crippen LogP contribution in [0.1, 0.15) is 22.7 Å². The van der Waals surface area contributed by atoms with Crippen molar-refractivity contribution in [2.75, 3.05) is 0 Å². The van der Waals surface area contributed by atoms with Crippen LogP contribution < -0.4 is 5.32 Å². The number of fused-ring (bicyclic) bond motifs is 10. The van der Waals surface area contributed by atoms with Gasteiger partial charge in [-0.1, -0.05) is 109 Å². The van der Waals surface area contributed by atoms with E-state index >= 15 is 0 Å². The van der Waals surface area contributed by atoms with Crippen LogP contribution in [0, 0.1) is 0 Å². The third-order valence-corrected chi connectivity index (χ3v) is 12.7. The fraction of sp³-hybridized carbons (Fsp3) is 0.0217. The second-order valence-corrected chi connectivity index (χ2v) is 15.5. The van der Waals surface area contributed by atoms with Crippen molar-refractivity contribution >= 4 is 109 Å². The van der Waals surface area contributed by atoms with E-state index in [9.17, 15) is 0 Å². The lowest BCUT2D eigenvalue weighted by atomic mass is 10.00. The highest BCUT2D eigenvalue weighted by atomic mass is 127. The molecular formula is C46H28IN3OS. The maximum atomic E-state index is 6.71. The molecule has 0 fully saturated rings. The van der Waals surface area contributed by atoms with Crippen LogP contribution in [0.4, 0.5) is 0 Å². The Hall–Kier alpha value is -5.70. The molecule has 1 atom stereocenters. The Bertz CT molecular complexity index is 3120. The molecule has 1 aliphatic heterocycles. The summed E-state index contributed by atoms with van der Waals surface area (Å²) >= 11 is 4.35. The smallest absolute Gasteiger partial charge is 0.137 e. The minimum absolute atomic E-state index is 0.0153. The summed E-state index contributed by atoms with van der Waals surface area (Å²) in [7, 11) is 0. The highest BCUT2D eigenvalue weighted by Gasteiger charge is 2.27. The topological polar surface area (TPSA) is 42.5 Å². The highest BCUT2D eigenvalue weighted by molar-refractivity contribution is 14.1. The van der Waals surface area contributed by atoms with E-state index in [0.29, 0.717) is 0 Å². The third kappa shape index (κ3) is 4.54. The molecule has 1 aliphatic rings. The largest absolute Gasteiger partial charge is 0.456 e. The molecule has 1 unspecified atom stereocenters. The van der Waals surface area contributed by atoms with Crippen molar-refractivity contribution in [3.8, 4) is 5.69 Å². The van der Waals surface area contributed by atoms with E-state index in [1.165, 1.54) is 47.5 Å². The molecule has 11 rings (SSSR count). The van der Waals surface area contributed by atoms with Gasteiger partial charge in [0.2, 0.25) is 0 Å². The van der Waals surface area contributed by atoms with Gasteiger partial charge in [0.15, 0.2) is 0 Å². The lowest BCUT2D eigenvalue weighted by molar-refractivity contribution is 0.668. The van der Waals surface area contributed by atoms with Crippen LogP contribution >= 0.6 is 33.9 Å². The molecule has 0 spiro atoms. The molecule has 10 aromatic rings. The van der Waals surface area contributed by atoms with Gasteiger partial charge in [-0.2, -0.15) is 0 Å². The maximum absolute atomic E-state index is 6.71. The van der Waals surface area contributed by atoms with Crippen molar-refractivity contribution in [1.82, 2.24) is 9.88 Å². The molecule has 0 bridgehead atoms. The number of nitrogens with zero attached hydrogens (tertiary/aromatic N) is 2. The molecule has 4 nitrogen and oxygen atoms in total. The molecule has 0 aliphatic carbocycles. The zero-order valence-corrected chi connectivity index (χ0v) is 30.7. The minimum Gasteiger partial charge on any atom is -0.456 e. The van der Waals surface area contributed by atoms with Crippen LogP contribution in [0.2, 0.25) is 0 Å². The average molecular weight is 798 g/mol. The molecule has 4 heterocycles. The molecule has 52 heavy (non-hydrogen) atoms. The monoisotopic (exact) mass is 797 g/mol. The van der Waals surface area contributed by atoms with Crippen molar-refractivity contribution in [2.24, 2.45) is 4.99 Å². The van der Waals surface area contributed by atoms with E-state index in [1.807, 2.05) is 17.4 Å². The van der Waals surface area contributed by atoms with Gasteiger partial charge in [0, 0.05) is 68.2 Å². The number of furan rings is 1. The van der Waals surface area contributed by atoms with Gasteiger partial charge in [0.1, 0.15) is 17.0 Å². The number of nitrogens with one attached hydrogen (secondary N) is 1. The van der Waals surface area contributed by atoms with Crippen LogP contribution in [-0.2, 0) is 0 Å². The second-order valence-electron chi connectivity index (χ2n) is 13.3.